The van der Waals surface area contributed by atoms with E-state index >= 15 is 0 Å². The van der Waals surface area contributed by atoms with Crippen LogP contribution in [-0.2, 0) is 14.3 Å². The predicted octanol–water partition coefficient (Wildman–Crippen LogP) is 1.27. The quantitative estimate of drug-likeness (QED) is 0.526. The van der Waals surface area contributed by atoms with Crippen LogP contribution in [0.2, 0.25) is 0 Å². The number of ether oxygens (including phenoxy) is 2. The molecule has 0 aromatic rings. The zero-order valence-electron chi connectivity index (χ0n) is 9.78. The lowest BCUT2D eigenvalue weighted by atomic mass is 10.0. The average Bonchev–Trinajstić information content (AvgIpc) is 2.34. The Morgan fingerprint density at radius 2 is 2.25 bits per heavy atom. The van der Waals surface area contributed by atoms with E-state index in [0.29, 0.717) is 19.1 Å². The van der Waals surface area contributed by atoms with Gasteiger partial charge in [0, 0.05) is 25.6 Å². The molecular weight excluding hydrogens is 230 g/mol. The van der Waals surface area contributed by atoms with Crippen molar-refractivity contribution in [2.45, 2.75) is 25.3 Å². The Kier molecular flexibility index (Phi) is 6.76. The second-order valence-corrected chi connectivity index (χ2v) is 4.25. The van der Waals surface area contributed by atoms with Crippen LogP contribution in [0.5, 0.6) is 0 Å². The molecule has 0 bridgehead atoms. The second-order valence-electron chi connectivity index (χ2n) is 3.94. The number of hydrogen-bond acceptors (Lipinski definition) is 3. The Hall–Kier alpha value is -0.320. The highest BCUT2D eigenvalue weighted by molar-refractivity contribution is 6.18. The van der Waals surface area contributed by atoms with Gasteiger partial charge in [-0.3, -0.25) is 4.79 Å². The molecule has 16 heavy (non-hydrogen) atoms. The van der Waals surface area contributed by atoms with Crippen molar-refractivity contribution in [3.8, 4) is 0 Å². The van der Waals surface area contributed by atoms with Crippen LogP contribution in [0.4, 0.5) is 0 Å². The van der Waals surface area contributed by atoms with Crippen LogP contribution in [-0.4, -0.2) is 56.2 Å². The Bertz CT molecular complexity index is 213. The lowest BCUT2D eigenvalue weighted by Crippen LogP contribution is -2.46. The fourth-order valence-electron chi connectivity index (χ4n) is 1.87. The summed E-state index contributed by atoms with van der Waals surface area (Å²) in [6.07, 6.45) is 3.23. The third kappa shape index (κ3) is 4.28. The molecule has 1 aliphatic rings. The van der Waals surface area contributed by atoms with Crippen LogP contribution in [0, 0.1) is 0 Å². The zero-order chi connectivity index (χ0) is 11.8. The third-order valence-electron chi connectivity index (χ3n) is 2.78. The molecule has 1 aliphatic heterocycles. The molecule has 94 valence electrons. The van der Waals surface area contributed by atoms with E-state index in [-0.39, 0.29) is 18.6 Å². The SMILES string of the molecule is COCCOCC(=O)N1CCCCC1CCl. The summed E-state index contributed by atoms with van der Waals surface area (Å²) in [6.45, 7) is 1.93. The summed E-state index contributed by atoms with van der Waals surface area (Å²) in [5, 5.41) is 0. The maximum absolute atomic E-state index is 11.8. The number of carbonyl (C=O) groups is 1. The van der Waals surface area contributed by atoms with Crippen LogP contribution in [0.1, 0.15) is 19.3 Å². The molecule has 1 heterocycles. The molecule has 1 amide bonds. The number of methoxy groups -OCH3 is 1. The normalized spacial score (nSPS) is 21.1. The van der Waals surface area contributed by atoms with Crippen molar-refractivity contribution in [3.63, 3.8) is 0 Å². The van der Waals surface area contributed by atoms with E-state index in [1.807, 2.05) is 4.90 Å². The van der Waals surface area contributed by atoms with Gasteiger partial charge in [-0.15, -0.1) is 11.6 Å². The highest BCUT2D eigenvalue weighted by Gasteiger charge is 2.25. The second kappa shape index (κ2) is 7.87. The predicted molar refractivity (Wildman–Crippen MR) is 62.8 cm³/mol. The van der Waals surface area contributed by atoms with Gasteiger partial charge in [-0.1, -0.05) is 0 Å². The molecule has 5 heteroatoms. The number of nitrogens with zero attached hydrogens (tertiary/aromatic N) is 1. The number of likely N-dealkylation sites (tertiary alicyclic amines) is 1. The van der Waals surface area contributed by atoms with Crippen LogP contribution in [0.25, 0.3) is 0 Å². The topological polar surface area (TPSA) is 38.8 Å². The van der Waals surface area contributed by atoms with Crippen molar-refractivity contribution in [2.75, 3.05) is 39.4 Å². The van der Waals surface area contributed by atoms with E-state index < -0.39 is 0 Å². The molecule has 0 saturated carbocycles. The van der Waals surface area contributed by atoms with Gasteiger partial charge in [0.15, 0.2) is 0 Å². The van der Waals surface area contributed by atoms with Crippen molar-refractivity contribution in [2.24, 2.45) is 0 Å². The largest absolute Gasteiger partial charge is 0.382 e. The standard InChI is InChI=1S/C11H20ClNO3/c1-15-6-7-16-9-11(14)13-5-3-2-4-10(13)8-12/h10H,2-9H2,1H3. The third-order valence-corrected chi connectivity index (χ3v) is 3.14. The molecule has 0 aromatic heterocycles. The van der Waals surface area contributed by atoms with Gasteiger partial charge in [0.05, 0.1) is 13.2 Å². The number of piperidine rings is 1. The fraction of sp³-hybridized carbons (Fsp3) is 0.909. The summed E-state index contributed by atoms with van der Waals surface area (Å²) in [4.78, 5) is 13.7. The lowest BCUT2D eigenvalue weighted by Gasteiger charge is -2.34. The maximum Gasteiger partial charge on any atom is 0.248 e. The Morgan fingerprint density at radius 3 is 2.94 bits per heavy atom. The molecule has 4 nitrogen and oxygen atoms in total. The Labute approximate surface area is 102 Å². The van der Waals surface area contributed by atoms with E-state index in [0.717, 1.165) is 25.8 Å². The van der Waals surface area contributed by atoms with E-state index in [2.05, 4.69) is 0 Å². The highest BCUT2D eigenvalue weighted by Crippen LogP contribution is 2.18. The van der Waals surface area contributed by atoms with Crippen molar-refractivity contribution in [1.82, 2.24) is 4.90 Å². The summed E-state index contributed by atoms with van der Waals surface area (Å²) in [6, 6.07) is 0.189. The summed E-state index contributed by atoms with van der Waals surface area (Å²) in [5.41, 5.74) is 0. The maximum atomic E-state index is 11.8. The summed E-state index contributed by atoms with van der Waals surface area (Å²) in [5.74, 6) is 0.561. The van der Waals surface area contributed by atoms with Gasteiger partial charge in [-0.25, -0.2) is 0 Å². The molecule has 1 fully saturated rings. The van der Waals surface area contributed by atoms with Gasteiger partial charge in [-0.05, 0) is 19.3 Å². The minimum atomic E-state index is 0.0430. The van der Waals surface area contributed by atoms with Gasteiger partial charge < -0.3 is 14.4 Å². The molecule has 1 rings (SSSR count). The first-order valence-electron chi connectivity index (χ1n) is 5.71. The number of amides is 1. The molecule has 1 unspecified atom stereocenters. The Balaban J connectivity index is 2.27. The van der Waals surface area contributed by atoms with Gasteiger partial charge >= 0.3 is 0 Å². The summed E-state index contributed by atoms with van der Waals surface area (Å²) >= 11 is 5.85. The molecule has 1 atom stereocenters. The number of carbonyl (C=O) groups excluding carboxylic acids is 1. The molecule has 0 aromatic carbocycles. The Morgan fingerprint density at radius 1 is 1.44 bits per heavy atom. The first-order chi connectivity index (χ1) is 7.79. The van der Waals surface area contributed by atoms with E-state index in [1.54, 1.807) is 7.11 Å². The molecule has 0 spiro atoms. The van der Waals surface area contributed by atoms with Gasteiger partial charge in [0.1, 0.15) is 6.61 Å². The molecule has 0 radical (unpaired) electrons. The number of rotatable bonds is 6. The fourth-order valence-corrected chi connectivity index (χ4v) is 2.19. The molecule has 1 saturated heterocycles. The minimum Gasteiger partial charge on any atom is -0.382 e. The first kappa shape index (κ1) is 13.7. The molecular formula is C11H20ClNO3. The highest BCUT2D eigenvalue weighted by atomic mass is 35.5. The van der Waals surface area contributed by atoms with Crippen LogP contribution in [0.3, 0.4) is 0 Å². The van der Waals surface area contributed by atoms with Gasteiger partial charge in [0.25, 0.3) is 0 Å². The number of halogens is 1. The molecule has 0 N–H and O–H groups in total. The van der Waals surface area contributed by atoms with E-state index in [1.165, 1.54) is 0 Å². The van der Waals surface area contributed by atoms with Gasteiger partial charge in [-0.2, -0.15) is 0 Å². The lowest BCUT2D eigenvalue weighted by molar-refractivity contribution is -0.139. The van der Waals surface area contributed by atoms with Crippen molar-refractivity contribution in [1.29, 1.82) is 0 Å². The number of hydrogen-bond donors (Lipinski definition) is 0. The van der Waals surface area contributed by atoms with Crippen molar-refractivity contribution in [3.05, 3.63) is 0 Å². The smallest absolute Gasteiger partial charge is 0.248 e. The summed E-state index contributed by atoms with van der Waals surface area (Å²) in [7, 11) is 1.61. The first-order valence-corrected chi connectivity index (χ1v) is 6.25. The van der Waals surface area contributed by atoms with Crippen LogP contribution >= 0.6 is 11.6 Å². The zero-order valence-corrected chi connectivity index (χ0v) is 10.5. The molecule has 0 aliphatic carbocycles. The minimum absolute atomic E-state index is 0.0430. The van der Waals surface area contributed by atoms with E-state index in [9.17, 15) is 4.79 Å². The summed E-state index contributed by atoms with van der Waals surface area (Å²) < 4.78 is 10.1. The van der Waals surface area contributed by atoms with Crippen LogP contribution < -0.4 is 0 Å². The van der Waals surface area contributed by atoms with Crippen molar-refractivity contribution >= 4 is 17.5 Å². The number of alkyl halides is 1. The average molecular weight is 250 g/mol. The monoisotopic (exact) mass is 249 g/mol. The van der Waals surface area contributed by atoms with Crippen molar-refractivity contribution < 1.29 is 14.3 Å². The van der Waals surface area contributed by atoms with Gasteiger partial charge in [0.2, 0.25) is 5.91 Å². The van der Waals surface area contributed by atoms with E-state index in [4.69, 9.17) is 21.1 Å². The van der Waals surface area contributed by atoms with Crippen LogP contribution in [0.15, 0.2) is 0 Å².